The van der Waals surface area contributed by atoms with E-state index in [0.717, 1.165) is 22.3 Å². The molecule has 1 aliphatic heterocycles. The fraction of sp³-hybridized carbons (Fsp3) is 0.220. The number of methoxy groups -OCH3 is 2. The van der Waals surface area contributed by atoms with Gasteiger partial charge in [0.25, 0.3) is 5.91 Å². The molecule has 5 aromatic rings. The molecule has 6 rings (SSSR count). The summed E-state index contributed by atoms with van der Waals surface area (Å²) in [7, 11) is 3.14. The van der Waals surface area contributed by atoms with Crippen molar-refractivity contribution >= 4 is 17.5 Å². The van der Waals surface area contributed by atoms with Crippen LogP contribution in [0.4, 0.5) is 5.69 Å². The molecule has 5 aromatic carbocycles. The molecule has 0 fully saturated rings. The molecular weight excluding hydrogens is 658 g/mol. The zero-order valence-corrected chi connectivity index (χ0v) is 28.9. The summed E-state index contributed by atoms with van der Waals surface area (Å²) in [5.41, 5.74) is 13.1. The largest absolute Gasteiger partial charge is 0.497 e. The van der Waals surface area contributed by atoms with E-state index in [1.165, 1.54) is 0 Å². The molecule has 52 heavy (non-hydrogen) atoms. The van der Waals surface area contributed by atoms with Crippen LogP contribution in [-0.2, 0) is 22.5 Å². The van der Waals surface area contributed by atoms with Crippen molar-refractivity contribution in [3.05, 3.63) is 154 Å². The molecule has 0 saturated carbocycles. The van der Waals surface area contributed by atoms with E-state index in [1.54, 1.807) is 50.6 Å². The van der Waals surface area contributed by atoms with Gasteiger partial charge in [0.15, 0.2) is 11.6 Å². The fourth-order valence-corrected chi connectivity index (χ4v) is 6.19. The normalized spacial score (nSPS) is 16.2. The van der Waals surface area contributed by atoms with Gasteiger partial charge in [0.05, 0.1) is 20.8 Å². The van der Waals surface area contributed by atoms with Crippen molar-refractivity contribution in [1.82, 2.24) is 5.32 Å². The minimum Gasteiger partial charge on any atom is -0.497 e. The van der Waals surface area contributed by atoms with E-state index < -0.39 is 17.6 Å². The zero-order chi connectivity index (χ0) is 36.3. The van der Waals surface area contributed by atoms with Crippen molar-refractivity contribution in [3.8, 4) is 28.4 Å². The summed E-state index contributed by atoms with van der Waals surface area (Å²) in [5.74, 6) is 1.70. The molecule has 264 valence electrons. The van der Waals surface area contributed by atoms with Crippen LogP contribution in [-0.4, -0.2) is 49.9 Å². The van der Waals surface area contributed by atoms with Crippen molar-refractivity contribution in [2.45, 2.75) is 31.0 Å². The van der Waals surface area contributed by atoms with Crippen molar-refractivity contribution in [2.24, 2.45) is 10.1 Å². The van der Waals surface area contributed by atoms with Gasteiger partial charge in [0.2, 0.25) is 5.90 Å². The molecule has 0 spiro atoms. The Balaban J connectivity index is 1.44. The molecule has 0 aliphatic carbocycles. The highest BCUT2D eigenvalue weighted by Gasteiger charge is 2.53. The quantitative estimate of drug-likeness (QED) is 0.0492. The maximum absolute atomic E-state index is 14.9. The number of nitrogens with zero attached hydrogens (tertiary/aromatic N) is 4. The molecule has 11 heteroatoms. The van der Waals surface area contributed by atoms with Gasteiger partial charge in [-0.3, -0.25) is 4.79 Å². The number of aliphatic hydroxyl groups is 1. The average Bonchev–Trinajstić information content (AvgIpc) is 3.58. The van der Waals surface area contributed by atoms with Crippen LogP contribution in [0.3, 0.4) is 0 Å². The summed E-state index contributed by atoms with van der Waals surface area (Å²) in [6.45, 7) is 0.548. The lowest BCUT2D eigenvalue weighted by Crippen LogP contribution is -2.49. The van der Waals surface area contributed by atoms with Gasteiger partial charge < -0.3 is 29.4 Å². The number of hydrogen-bond acceptors (Lipinski definition) is 8. The van der Waals surface area contributed by atoms with Crippen LogP contribution in [0.2, 0.25) is 0 Å². The lowest BCUT2D eigenvalue weighted by molar-refractivity contribution is -0.129. The molecule has 1 heterocycles. The summed E-state index contributed by atoms with van der Waals surface area (Å²) in [6.07, 6.45) is -0.297. The molecule has 0 saturated heterocycles. The maximum atomic E-state index is 14.9. The molecule has 1 aliphatic rings. The van der Waals surface area contributed by atoms with Crippen molar-refractivity contribution < 1.29 is 28.8 Å². The van der Waals surface area contributed by atoms with Crippen molar-refractivity contribution in [3.63, 3.8) is 0 Å². The zero-order valence-electron chi connectivity index (χ0n) is 28.9. The summed E-state index contributed by atoms with van der Waals surface area (Å²) in [5, 5.41) is 16.2. The number of azide groups is 1. The van der Waals surface area contributed by atoms with E-state index in [1.807, 2.05) is 84.9 Å². The van der Waals surface area contributed by atoms with E-state index in [4.69, 9.17) is 29.0 Å². The Hall–Kier alpha value is -6.29. The molecule has 0 bridgehead atoms. The van der Waals surface area contributed by atoms with E-state index in [2.05, 4.69) is 15.3 Å². The SMILES string of the molecule is COc1ccc(CNC(=O)[C@]2(Cc3ccccc3N=[N+]=[N-])N=C(c3ccc(OCCCO)cc3)O[C@@H]2c2ccc(-c3ccccc3)cc2)c(OC)c1. The van der Waals surface area contributed by atoms with Crippen LogP contribution >= 0.6 is 0 Å². The van der Waals surface area contributed by atoms with Gasteiger partial charge >= 0.3 is 0 Å². The standard InChI is InChI=1S/C41H39N5O6/c1-49-35-22-19-33(37(25-35)50-2)27-43-40(48)41(26-32-11-6-7-12-36(32)45-46-42)38(30-15-13-29(14-16-30)28-9-4-3-5-10-28)52-39(44-41)31-17-20-34(21-18-31)51-24-8-23-47/h3-7,9-22,25,38,47H,8,23-24,26-27H2,1-2H3,(H,43,48)/t38-,41-/m1/s1. The predicted octanol–water partition coefficient (Wildman–Crippen LogP) is 7.89. The van der Waals surface area contributed by atoms with Crippen LogP contribution in [0.1, 0.15) is 34.8 Å². The Morgan fingerprint density at radius 1 is 0.865 bits per heavy atom. The molecule has 2 atom stereocenters. The Morgan fingerprint density at radius 3 is 2.27 bits per heavy atom. The summed E-state index contributed by atoms with van der Waals surface area (Å²) >= 11 is 0. The second-order valence-electron chi connectivity index (χ2n) is 12.1. The highest BCUT2D eigenvalue weighted by Crippen LogP contribution is 2.44. The van der Waals surface area contributed by atoms with Gasteiger partial charge in [-0.25, -0.2) is 4.99 Å². The van der Waals surface area contributed by atoms with Crippen LogP contribution in [0, 0.1) is 0 Å². The van der Waals surface area contributed by atoms with Crippen LogP contribution in [0.25, 0.3) is 21.6 Å². The molecular formula is C41H39N5O6. The molecule has 1 amide bonds. The third-order valence-electron chi connectivity index (χ3n) is 8.89. The monoisotopic (exact) mass is 697 g/mol. The first kappa shape index (κ1) is 35.5. The topological polar surface area (TPSA) is 147 Å². The Bertz CT molecular complexity index is 2060. The molecule has 0 aromatic heterocycles. The number of rotatable bonds is 15. The first-order chi connectivity index (χ1) is 25.5. The third kappa shape index (κ3) is 7.86. The fourth-order valence-electron chi connectivity index (χ4n) is 6.19. The smallest absolute Gasteiger partial charge is 0.252 e. The van der Waals surface area contributed by atoms with E-state index in [0.29, 0.717) is 47.1 Å². The molecule has 0 unspecified atom stereocenters. The maximum Gasteiger partial charge on any atom is 0.252 e. The lowest BCUT2D eigenvalue weighted by Gasteiger charge is -2.31. The predicted molar refractivity (Wildman–Crippen MR) is 199 cm³/mol. The second kappa shape index (κ2) is 16.6. The van der Waals surface area contributed by atoms with Gasteiger partial charge in [-0.2, -0.15) is 0 Å². The lowest BCUT2D eigenvalue weighted by atomic mass is 9.81. The van der Waals surface area contributed by atoms with Gasteiger partial charge in [0.1, 0.15) is 17.2 Å². The summed E-state index contributed by atoms with van der Waals surface area (Å²) in [4.78, 5) is 23.1. The first-order valence-electron chi connectivity index (χ1n) is 16.9. The number of aliphatic hydroxyl groups excluding tert-OH is 1. The molecule has 0 radical (unpaired) electrons. The van der Waals surface area contributed by atoms with E-state index in [9.17, 15) is 10.3 Å². The van der Waals surface area contributed by atoms with Gasteiger partial charge in [-0.1, -0.05) is 84.0 Å². The Labute approximate surface area is 302 Å². The van der Waals surface area contributed by atoms with Crippen LogP contribution in [0.15, 0.2) is 131 Å². The van der Waals surface area contributed by atoms with E-state index in [-0.39, 0.29) is 25.5 Å². The summed E-state index contributed by atoms with van der Waals surface area (Å²) in [6, 6.07) is 37.7. The number of hydrogen-bond donors (Lipinski definition) is 2. The van der Waals surface area contributed by atoms with Crippen molar-refractivity contribution in [2.75, 3.05) is 27.4 Å². The van der Waals surface area contributed by atoms with Gasteiger partial charge in [-0.05, 0) is 64.2 Å². The molecule has 11 nitrogen and oxygen atoms in total. The van der Waals surface area contributed by atoms with Crippen molar-refractivity contribution in [1.29, 1.82) is 0 Å². The number of aliphatic imine (C=N–C) groups is 1. The highest BCUT2D eigenvalue weighted by atomic mass is 16.5. The first-order valence-corrected chi connectivity index (χ1v) is 16.9. The number of carbonyl (C=O) groups excluding carboxylic acids is 1. The summed E-state index contributed by atoms with van der Waals surface area (Å²) < 4.78 is 23.4. The Morgan fingerprint density at radius 2 is 1.56 bits per heavy atom. The number of benzene rings is 5. The average molecular weight is 698 g/mol. The van der Waals surface area contributed by atoms with Crippen LogP contribution < -0.4 is 19.5 Å². The van der Waals surface area contributed by atoms with Crippen LogP contribution in [0.5, 0.6) is 17.2 Å². The van der Waals surface area contributed by atoms with Gasteiger partial charge in [-0.15, -0.1) is 0 Å². The van der Waals surface area contributed by atoms with Gasteiger partial charge in [0, 0.05) is 53.8 Å². The third-order valence-corrected chi connectivity index (χ3v) is 8.89. The number of carbonyl (C=O) groups is 1. The highest BCUT2D eigenvalue weighted by molar-refractivity contribution is 6.01. The minimum atomic E-state index is -1.54. The Kier molecular flexibility index (Phi) is 11.4. The molecule has 2 N–H and O–H groups in total. The second-order valence-corrected chi connectivity index (χ2v) is 12.1. The van der Waals surface area contributed by atoms with E-state index >= 15 is 0 Å². The minimum absolute atomic E-state index is 0.0364. The number of ether oxygens (including phenoxy) is 4. The number of nitrogens with one attached hydrogen (secondary N) is 1. The number of amides is 1.